The number of aryl methyl sites for hydroxylation is 1. The lowest BCUT2D eigenvalue weighted by Crippen LogP contribution is -2.37. The molecule has 7 nitrogen and oxygen atoms in total. The number of rotatable bonds is 7. The van der Waals surface area contributed by atoms with Gasteiger partial charge in [0.25, 0.3) is 0 Å². The lowest BCUT2D eigenvalue weighted by atomic mass is 9.98. The van der Waals surface area contributed by atoms with Gasteiger partial charge in [0.15, 0.2) is 0 Å². The number of ether oxygens (including phenoxy) is 1. The molecule has 154 valence electrons. The summed E-state index contributed by atoms with van der Waals surface area (Å²) in [5.41, 5.74) is 2.11. The molecule has 2 amide bonds. The fourth-order valence-electron chi connectivity index (χ4n) is 4.20. The number of benzene rings is 1. The smallest absolute Gasteiger partial charge is 0.224 e. The van der Waals surface area contributed by atoms with Crippen molar-refractivity contribution in [2.75, 3.05) is 26.7 Å². The van der Waals surface area contributed by atoms with E-state index in [0.717, 1.165) is 61.6 Å². The van der Waals surface area contributed by atoms with Gasteiger partial charge in [0.2, 0.25) is 11.8 Å². The van der Waals surface area contributed by atoms with Crippen LogP contribution in [-0.4, -0.2) is 53.0 Å². The van der Waals surface area contributed by atoms with E-state index in [0.29, 0.717) is 19.5 Å². The Morgan fingerprint density at radius 1 is 1.28 bits per heavy atom. The predicted octanol–water partition coefficient (Wildman–Crippen LogP) is 2.25. The van der Waals surface area contributed by atoms with Crippen LogP contribution in [0.25, 0.3) is 11.3 Å². The van der Waals surface area contributed by atoms with E-state index in [-0.39, 0.29) is 17.7 Å². The highest BCUT2D eigenvalue weighted by Crippen LogP contribution is 2.28. The van der Waals surface area contributed by atoms with Crippen LogP contribution in [0.1, 0.15) is 31.5 Å². The number of hydrogen-bond donors (Lipinski definition) is 1. The number of carbonyl (C=O) groups is 2. The molecule has 0 radical (unpaired) electrons. The fraction of sp³-hybridized carbons (Fsp3) is 0.500. The highest BCUT2D eigenvalue weighted by molar-refractivity contribution is 5.79. The zero-order valence-electron chi connectivity index (χ0n) is 16.9. The van der Waals surface area contributed by atoms with Crippen molar-refractivity contribution in [3.63, 3.8) is 0 Å². The molecule has 1 aromatic carbocycles. The molecule has 1 saturated heterocycles. The maximum absolute atomic E-state index is 12.7. The van der Waals surface area contributed by atoms with Crippen LogP contribution in [0.2, 0.25) is 0 Å². The summed E-state index contributed by atoms with van der Waals surface area (Å²) in [6, 6.07) is 7.92. The highest BCUT2D eigenvalue weighted by atomic mass is 16.5. The van der Waals surface area contributed by atoms with E-state index in [1.165, 1.54) is 0 Å². The Bertz CT molecular complexity index is 875. The minimum atomic E-state index is -0.0536. The van der Waals surface area contributed by atoms with E-state index in [9.17, 15) is 9.59 Å². The number of carbonyl (C=O) groups excluding carboxylic acids is 2. The Labute approximate surface area is 171 Å². The molecule has 0 spiro atoms. The van der Waals surface area contributed by atoms with Crippen molar-refractivity contribution in [3.05, 3.63) is 36.3 Å². The average molecular weight is 396 g/mol. The number of nitrogens with zero attached hydrogens (tertiary/aromatic N) is 3. The van der Waals surface area contributed by atoms with E-state index in [1.54, 1.807) is 7.11 Å². The number of fused-ring (bicyclic) bond motifs is 1. The van der Waals surface area contributed by atoms with Crippen LogP contribution in [-0.2, 0) is 22.6 Å². The maximum atomic E-state index is 12.7. The Hall–Kier alpha value is -2.83. The Morgan fingerprint density at radius 3 is 2.83 bits per heavy atom. The first-order chi connectivity index (χ1) is 14.2. The first-order valence-corrected chi connectivity index (χ1v) is 10.4. The van der Waals surface area contributed by atoms with Gasteiger partial charge in [-0.15, -0.1) is 0 Å². The molecule has 7 heteroatoms. The molecular formula is C22H28N4O3. The average Bonchev–Trinajstić information content (AvgIpc) is 3.36. The minimum absolute atomic E-state index is 0.0536. The summed E-state index contributed by atoms with van der Waals surface area (Å²) < 4.78 is 7.40. The van der Waals surface area contributed by atoms with Crippen molar-refractivity contribution in [1.82, 2.24) is 19.8 Å². The van der Waals surface area contributed by atoms with Crippen LogP contribution >= 0.6 is 0 Å². The fourth-order valence-corrected chi connectivity index (χ4v) is 4.20. The largest absolute Gasteiger partial charge is 0.497 e. The Morgan fingerprint density at radius 2 is 2.10 bits per heavy atom. The van der Waals surface area contributed by atoms with Crippen molar-refractivity contribution in [3.8, 4) is 17.0 Å². The molecule has 29 heavy (non-hydrogen) atoms. The van der Waals surface area contributed by atoms with Gasteiger partial charge in [-0.3, -0.25) is 9.59 Å². The van der Waals surface area contributed by atoms with Crippen molar-refractivity contribution in [2.24, 2.45) is 5.92 Å². The molecule has 4 rings (SSSR count). The van der Waals surface area contributed by atoms with Crippen LogP contribution in [0.4, 0.5) is 0 Å². The van der Waals surface area contributed by atoms with Crippen LogP contribution in [0.15, 0.2) is 30.5 Å². The van der Waals surface area contributed by atoms with Crippen LogP contribution < -0.4 is 10.1 Å². The Balaban J connectivity index is 1.33. The molecule has 1 N–H and O–H groups in total. The minimum Gasteiger partial charge on any atom is -0.497 e. The number of aromatic nitrogens is 2. The summed E-state index contributed by atoms with van der Waals surface area (Å²) in [5, 5.41) is 3.06. The first-order valence-electron chi connectivity index (χ1n) is 10.4. The number of nitrogens with one attached hydrogen (secondary N) is 1. The zero-order valence-corrected chi connectivity index (χ0v) is 16.9. The van der Waals surface area contributed by atoms with Crippen LogP contribution in [0.3, 0.4) is 0 Å². The standard InChI is InChI=1S/C22H28N4O3/c1-29-18-8-5-16(6-9-18)19-14-24-20-10-7-17(15-26(19)20)22(28)23-11-3-13-25-12-2-4-21(25)27/h5-6,8-9,14,17H,2-4,7,10-13,15H2,1H3,(H,23,28). The summed E-state index contributed by atoms with van der Waals surface area (Å²) in [7, 11) is 1.65. The van der Waals surface area contributed by atoms with E-state index < -0.39 is 0 Å². The summed E-state index contributed by atoms with van der Waals surface area (Å²) in [4.78, 5) is 30.8. The van der Waals surface area contributed by atoms with Crippen LogP contribution in [0, 0.1) is 5.92 Å². The third kappa shape index (κ3) is 4.28. The topological polar surface area (TPSA) is 76.5 Å². The maximum Gasteiger partial charge on any atom is 0.224 e. The monoisotopic (exact) mass is 396 g/mol. The van der Waals surface area contributed by atoms with Crippen molar-refractivity contribution in [2.45, 2.75) is 38.6 Å². The van der Waals surface area contributed by atoms with Gasteiger partial charge < -0.3 is 19.5 Å². The lowest BCUT2D eigenvalue weighted by Gasteiger charge is -2.25. The third-order valence-corrected chi connectivity index (χ3v) is 5.89. The molecule has 2 aliphatic rings. The van der Waals surface area contributed by atoms with Crippen molar-refractivity contribution >= 4 is 11.8 Å². The molecule has 0 saturated carbocycles. The van der Waals surface area contributed by atoms with Gasteiger partial charge in [-0.05, 0) is 43.5 Å². The molecule has 1 fully saturated rings. The zero-order chi connectivity index (χ0) is 20.2. The second-order valence-electron chi connectivity index (χ2n) is 7.76. The molecule has 3 heterocycles. The van der Waals surface area contributed by atoms with Gasteiger partial charge in [0.05, 0.1) is 24.9 Å². The predicted molar refractivity (Wildman–Crippen MR) is 109 cm³/mol. The van der Waals surface area contributed by atoms with E-state index >= 15 is 0 Å². The molecule has 1 atom stereocenters. The van der Waals surface area contributed by atoms with Crippen molar-refractivity contribution in [1.29, 1.82) is 0 Å². The second-order valence-corrected chi connectivity index (χ2v) is 7.76. The van der Waals surface area contributed by atoms with Crippen LogP contribution in [0.5, 0.6) is 5.75 Å². The summed E-state index contributed by atoms with van der Waals surface area (Å²) in [6.07, 6.45) is 5.93. The summed E-state index contributed by atoms with van der Waals surface area (Å²) in [5.74, 6) is 2.13. The normalized spacial score (nSPS) is 18.6. The summed E-state index contributed by atoms with van der Waals surface area (Å²) >= 11 is 0. The van der Waals surface area contributed by atoms with Gasteiger partial charge in [-0.2, -0.15) is 0 Å². The molecular weight excluding hydrogens is 368 g/mol. The van der Waals surface area contributed by atoms with E-state index in [4.69, 9.17) is 4.74 Å². The van der Waals surface area contributed by atoms with Crippen molar-refractivity contribution < 1.29 is 14.3 Å². The molecule has 2 aliphatic heterocycles. The Kier molecular flexibility index (Phi) is 5.83. The van der Waals surface area contributed by atoms with Gasteiger partial charge in [-0.1, -0.05) is 0 Å². The number of methoxy groups -OCH3 is 1. The van der Waals surface area contributed by atoms with Gasteiger partial charge >= 0.3 is 0 Å². The molecule has 0 bridgehead atoms. The van der Waals surface area contributed by atoms with Gasteiger partial charge in [0, 0.05) is 44.6 Å². The van der Waals surface area contributed by atoms with E-state index in [2.05, 4.69) is 14.9 Å². The third-order valence-electron chi connectivity index (χ3n) is 5.89. The number of likely N-dealkylation sites (tertiary alicyclic amines) is 1. The first kappa shape index (κ1) is 19.5. The lowest BCUT2D eigenvalue weighted by molar-refractivity contribution is -0.127. The number of hydrogen-bond acceptors (Lipinski definition) is 4. The van der Waals surface area contributed by atoms with E-state index in [1.807, 2.05) is 35.4 Å². The second kappa shape index (κ2) is 8.68. The highest BCUT2D eigenvalue weighted by Gasteiger charge is 2.27. The molecule has 0 aliphatic carbocycles. The van der Waals surface area contributed by atoms with Gasteiger partial charge in [-0.25, -0.2) is 4.98 Å². The number of imidazole rings is 1. The molecule has 2 aromatic rings. The SMILES string of the molecule is COc1ccc(-c2cnc3n2CC(C(=O)NCCCN2CCCC2=O)CC3)cc1. The molecule has 1 aromatic heterocycles. The van der Waals surface area contributed by atoms with Gasteiger partial charge in [0.1, 0.15) is 11.6 Å². The molecule has 1 unspecified atom stereocenters. The summed E-state index contributed by atoms with van der Waals surface area (Å²) in [6.45, 7) is 2.85. The quantitative estimate of drug-likeness (QED) is 0.729. The number of amides is 2.